The third-order valence-corrected chi connectivity index (χ3v) is 5.51. The number of morpholine rings is 1. The Kier molecular flexibility index (Phi) is 7.14. The van der Waals surface area contributed by atoms with Crippen LogP contribution in [0, 0.1) is 0 Å². The molecule has 1 amide bonds. The zero-order valence-electron chi connectivity index (χ0n) is 15.3. The van der Waals surface area contributed by atoms with Crippen molar-refractivity contribution in [1.29, 1.82) is 0 Å². The summed E-state index contributed by atoms with van der Waals surface area (Å²) in [5.41, 5.74) is 1.29. The molecule has 0 aromatic heterocycles. The third kappa shape index (κ3) is 5.80. The quantitative estimate of drug-likeness (QED) is 0.767. The fourth-order valence-corrected chi connectivity index (χ4v) is 3.47. The van der Waals surface area contributed by atoms with Gasteiger partial charge in [0.25, 0.3) is 0 Å². The first-order valence-corrected chi connectivity index (χ1v) is 9.69. The van der Waals surface area contributed by atoms with Gasteiger partial charge in [-0.05, 0) is 37.5 Å². The smallest absolute Gasteiger partial charge is 0.230 e. The number of hydrogen-bond donors (Lipinski definition) is 1. The van der Waals surface area contributed by atoms with E-state index < -0.39 is 0 Å². The summed E-state index contributed by atoms with van der Waals surface area (Å²) in [6.45, 7) is 12.8. The van der Waals surface area contributed by atoms with Crippen LogP contribution in [0.25, 0.3) is 0 Å². The summed E-state index contributed by atoms with van der Waals surface area (Å²) in [5, 5.41) is 3.08. The minimum absolute atomic E-state index is 0.0387. The van der Waals surface area contributed by atoms with Crippen molar-refractivity contribution in [2.24, 2.45) is 0 Å². The van der Waals surface area contributed by atoms with E-state index in [9.17, 15) is 4.79 Å². The van der Waals surface area contributed by atoms with E-state index >= 15 is 0 Å². The Morgan fingerprint density at radius 1 is 1.25 bits per heavy atom. The number of carbonyl (C=O) groups excluding carboxylic acids is 1. The average molecular weight is 351 g/mol. The first-order chi connectivity index (χ1) is 11.4. The maximum absolute atomic E-state index is 12.1. The Morgan fingerprint density at radius 3 is 2.46 bits per heavy atom. The Hall–Kier alpha value is -1.04. The molecule has 4 nitrogen and oxygen atoms in total. The highest BCUT2D eigenvalue weighted by Gasteiger charge is 2.28. The van der Waals surface area contributed by atoms with Crippen molar-refractivity contribution < 1.29 is 9.53 Å². The fourth-order valence-electron chi connectivity index (χ4n) is 2.74. The maximum atomic E-state index is 12.1. The average Bonchev–Trinajstić information content (AvgIpc) is 2.59. The van der Waals surface area contributed by atoms with Gasteiger partial charge in [-0.2, -0.15) is 0 Å². The molecule has 0 bridgehead atoms. The van der Waals surface area contributed by atoms with E-state index in [1.165, 1.54) is 5.56 Å². The molecule has 1 aliphatic heterocycles. The van der Waals surface area contributed by atoms with E-state index in [-0.39, 0.29) is 11.4 Å². The largest absolute Gasteiger partial charge is 0.379 e. The molecule has 1 N–H and O–H groups in total. The van der Waals surface area contributed by atoms with E-state index in [0.717, 1.165) is 31.2 Å². The van der Waals surface area contributed by atoms with Crippen molar-refractivity contribution in [1.82, 2.24) is 10.2 Å². The first kappa shape index (κ1) is 19.3. The molecule has 1 aromatic carbocycles. The molecule has 1 heterocycles. The van der Waals surface area contributed by atoms with Gasteiger partial charge in [-0.3, -0.25) is 9.69 Å². The monoisotopic (exact) mass is 350 g/mol. The van der Waals surface area contributed by atoms with Crippen molar-refractivity contribution in [2.75, 3.05) is 38.6 Å². The summed E-state index contributed by atoms with van der Waals surface area (Å²) in [6, 6.07) is 8.49. The molecular weight excluding hydrogens is 320 g/mol. The van der Waals surface area contributed by atoms with Crippen LogP contribution in [0.5, 0.6) is 0 Å². The minimum Gasteiger partial charge on any atom is -0.379 e. The molecule has 1 aliphatic rings. The number of nitrogens with one attached hydrogen (secondary N) is 1. The molecule has 1 saturated heterocycles. The number of ether oxygens (including phenoxy) is 1. The lowest BCUT2D eigenvalue weighted by atomic mass is 10.0. The highest BCUT2D eigenvalue weighted by molar-refractivity contribution is 8.00. The highest BCUT2D eigenvalue weighted by atomic mass is 32.2. The van der Waals surface area contributed by atoms with Gasteiger partial charge in [0.2, 0.25) is 5.91 Å². The standard InChI is InChI=1S/C19H30N2O2S/c1-15(2)16-5-7-17(8-6-16)24-13-18(22)20-14-19(3,4)21-9-11-23-12-10-21/h5-8,15H,9-14H2,1-4H3,(H,20,22). The van der Waals surface area contributed by atoms with Crippen LogP contribution >= 0.6 is 11.8 Å². The lowest BCUT2D eigenvalue weighted by Crippen LogP contribution is -2.55. The van der Waals surface area contributed by atoms with Crippen LogP contribution in [-0.2, 0) is 9.53 Å². The fraction of sp³-hybridized carbons (Fsp3) is 0.632. The summed E-state index contributed by atoms with van der Waals surface area (Å²) in [7, 11) is 0. The summed E-state index contributed by atoms with van der Waals surface area (Å²) in [5.74, 6) is 1.09. The van der Waals surface area contributed by atoms with Gasteiger partial charge in [0, 0.05) is 30.1 Å². The van der Waals surface area contributed by atoms with Gasteiger partial charge in [-0.25, -0.2) is 0 Å². The maximum Gasteiger partial charge on any atom is 0.230 e. The Balaban J connectivity index is 1.74. The van der Waals surface area contributed by atoms with Crippen molar-refractivity contribution in [3.8, 4) is 0 Å². The number of nitrogens with zero attached hydrogens (tertiary/aromatic N) is 1. The van der Waals surface area contributed by atoms with Gasteiger partial charge in [-0.1, -0.05) is 26.0 Å². The van der Waals surface area contributed by atoms with Crippen molar-refractivity contribution in [3.05, 3.63) is 29.8 Å². The van der Waals surface area contributed by atoms with Crippen LogP contribution in [0.4, 0.5) is 0 Å². The summed E-state index contributed by atoms with van der Waals surface area (Å²) < 4.78 is 5.40. The molecule has 24 heavy (non-hydrogen) atoms. The molecule has 1 aromatic rings. The van der Waals surface area contributed by atoms with Crippen molar-refractivity contribution >= 4 is 17.7 Å². The number of rotatable bonds is 7. The van der Waals surface area contributed by atoms with Crippen LogP contribution in [0.2, 0.25) is 0 Å². The number of thioether (sulfide) groups is 1. The predicted molar refractivity (Wildman–Crippen MR) is 101 cm³/mol. The van der Waals surface area contributed by atoms with Crippen LogP contribution in [0.15, 0.2) is 29.2 Å². The SMILES string of the molecule is CC(C)c1ccc(SCC(=O)NCC(C)(C)N2CCOCC2)cc1. The number of benzene rings is 1. The zero-order chi connectivity index (χ0) is 17.6. The first-order valence-electron chi connectivity index (χ1n) is 8.71. The highest BCUT2D eigenvalue weighted by Crippen LogP contribution is 2.21. The molecule has 0 unspecified atom stereocenters. The lowest BCUT2D eigenvalue weighted by molar-refractivity contribution is -0.119. The molecule has 0 aliphatic carbocycles. The molecule has 0 radical (unpaired) electrons. The Labute approximate surface area is 150 Å². The van der Waals surface area contributed by atoms with Gasteiger partial charge in [0.15, 0.2) is 0 Å². The van der Waals surface area contributed by atoms with E-state index in [2.05, 4.69) is 62.2 Å². The Morgan fingerprint density at radius 2 is 1.88 bits per heavy atom. The molecule has 0 atom stereocenters. The summed E-state index contributed by atoms with van der Waals surface area (Å²) >= 11 is 1.59. The number of hydrogen-bond acceptors (Lipinski definition) is 4. The lowest BCUT2D eigenvalue weighted by Gasteiger charge is -2.40. The predicted octanol–water partition coefficient (Wildman–Crippen LogP) is 3.13. The normalized spacial score (nSPS) is 16.4. The van der Waals surface area contributed by atoms with E-state index in [1.54, 1.807) is 11.8 Å². The molecule has 5 heteroatoms. The second kappa shape index (κ2) is 8.88. The third-order valence-electron chi connectivity index (χ3n) is 4.50. The number of amides is 1. The molecular formula is C19H30N2O2S. The molecule has 0 spiro atoms. The molecule has 0 saturated carbocycles. The number of carbonyl (C=O) groups is 1. The summed E-state index contributed by atoms with van der Waals surface area (Å²) in [4.78, 5) is 15.7. The van der Waals surface area contributed by atoms with Gasteiger partial charge in [-0.15, -0.1) is 11.8 Å². The van der Waals surface area contributed by atoms with Gasteiger partial charge < -0.3 is 10.1 Å². The van der Waals surface area contributed by atoms with Crippen LogP contribution < -0.4 is 5.32 Å². The van der Waals surface area contributed by atoms with Crippen molar-refractivity contribution in [2.45, 2.75) is 44.0 Å². The van der Waals surface area contributed by atoms with Gasteiger partial charge in [0.1, 0.15) is 0 Å². The Bertz CT molecular complexity index is 523. The topological polar surface area (TPSA) is 41.6 Å². The molecule has 1 fully saturated rings. The van der Waals surface area contributed by atoms with E-state index in [4.69, 9.17) is 4.74 Å². The second-order valence-electron chi connectivity index (χ2n) is 7.20. The van der Waals surface area contributed by atoms with Crippen LogP contribution in [-0.4, -0.2) is 54.9 Å². The molecule has 134 valence electrons. The van der Waals surface area contributed by atoms with Gasteiger partial charge >= 0.3 is 0 Å². The van der Waals surface area contributed by atoms with Crippen LogP contribution in [0.3, 0.4) is 0 Å². The van der Waals surface area contributed by atoms with E-state index in [1.807, 2.05) is 0 Å². The van der Waals surface area contributed by atoms with E-state index in [0.29, 0.717) is 18.2 Å². The second-order valence-corrected chi connectivity index (χ2v) is 8.25. The zero-order valence-corrected chi connectivity index (χ0v) is 16.1. The van der Waals surface area contributed by atoms with Crippen LogP contribution in [0.1, 0.15) is 39.2 Å². The van der Waals surface area contributed by atoms with Crippen molar-refractivity contribution in [3.63, 3.8) is 0 Å². The minimum atomic E-state index is -0.0387. The molecule has 2 rings (SSSR count). The summed E-state index contributed by atoms with van der Waals surface area (Å²) in [6.07, 6.45) is 0. The van der Waals surface area contributed by atoms with Gasteiger partial charge in [0.05, 0.1) is 19.0 Å².